The Morgan fingerprint density at radius 2 is 1.24 bits per heavy atom. The third-order valence-corrected chi connectivity index (χ3v) is 4.08. The van der Waals surface area contributed by atoms with Gasteiger partial charge in [0.05, 0.1) is 33.2 Å². The van der Waals surface area contributed by atoms with Crippen LogP contribution in [0.3, 0.4) is 0 Å². The average molecular weight is 393 g/mol. The Hall–Kier alpha value is -4.40. The van der Waals surface area contributed by atoms with Crippen LogP contribution in [0.2, 0.25) is 0 Å². The smallest absolute Gasteiger partial charge is 0.344 e. The highest BCUT2D eigenvalue weighted by molar-refractivity contribution is 6.00. The number of rotatable bonds is 7. The van der Waals surface area contributed by atoms with Gasteiger partial charge in [0, 0.05) is 6.07 Å². The normalized spacial score (nSPS) is 10.2. The molecule has 146 valence electrons. The summed E-state index contributed by atoms with van der Waals surface area (Å²) >= 11 is 0. The van der Waals surface area contributed by atoms with Crippen LogP contribution in [-0.4, -0.2) is 27.1 Å². The lowest BCUT2D eigenvalue weighted by Gasteiger charge is -2.16. The van der Waals surface area contributed by atoms with Gasteiger partial charge < -0.3 is 20.8 Å². The molecule has 0 saturated heterocycles. The molecule has 9 heteroatoms. The summed E-state index contributed by atoms with van der Waals surface area (Å²) in [4.78, 5) is 33.5. The molecule has 0 saturated carbocycles. The van der Waals surface area contributed by atoms with E-state index in [1.54, 1.807) is 42.5 Å². The average Bonchev–Trinajstić information content (AvgIpc) is 2.69. The van der Waals surface area contributed by atoms with E-state index in [4.69, 9.17) is 0 Å². The number of aromatic carboxylic acids is 2. The molecule has 4 N–H and O–H groups in total. The maximum Gasteiger partial charge on any atom is 0.344 e. The SMILES string of the molecule is O=C(O)c1ccccc1Nc1ccccc1Nc1cccc([N+](=O)[O-])c1C(=O)O. The van der Waals surface area contributed by atoms with Crippen molar-refractivity contribution in [3.05, 3.63) is 88.0 Å². The predicted molar refractivity (Wildman–Crippen MR) is 106 cm³/mol. The molecule has 29 heavy (non-hydrogen) atoms. The molecule has 0 aliphatic rings. The predicted octanol–water partition coefficient (Wildman–Crippen LogP) is 4.48. The van der Waals surface area contributed by atoms with Gasteiger partial charge in [-0.1, -0.05) is 30.3 Å². The van der Waals surface area contributed by atoms with Crippen LogP contribution in [0.15, 0.2) is 66.7 Å². The minimum atomic E-state index is -1.44. The highest BCUT2D eigenvalue weighted by Crippen LogP contribution is 2.33. The number of nitrogens with one attached hydrogen (secondary N) is 2. The molecular weight excluding hydrogens is 378 g/mol. The molecule has 0 atom stereocenters. The molecule has 0 aromatic heterocycles. The van der Waals surface area contributed by atoms with E-state index in [0.717, 1.165) is 6.07 Å². The van der Waals surface area contributed by atoms with Gasteiger partial charge >= 0.3 is 11.9 Å². The summed E-state index contributed by atoms with van der Waals surface area (Å²) in [6.07, 6.45) is 0. The Morgan fingerprint density at radius 1 is 0.724 bits per heavy atom. The van der Waals surface area contributed by atoms with Crippen molar-refractivity contribution < 1.29 is 24.7 Å². The fraction of sp³-hybridized carbons (Fsp3) is 0. The quantitative estimate of drug-likeness (QED) is 0.340. The summed E-state index contributed by atoms with van der Waals surface area (Å²) in [5.74, 6) is -2.55. The van der Waals surface area contributed by atoms with Gasteiger partial charge in [-0.25, -0.2) is 9.59 Å². The first-order valence-electron chi connectivity index (χ1n) is 8.34. The number of nitrogens with zero attached hydrogens (tertiary/aromatic N) is 1. The molecule has 3 rings (SSSR count). The molecule has 9 nitrogen and oxygen atoms in total. The molecule has 0 aliphatic heterocycles. The van der Waals surface area contributed by atoms with Gasteiger partial charge in [0.25, 0.3) is 5.69 Å². The van der Waals surface area contributed by atoms with Crippen molar-refractivity contribution in [1.82, 2.24) is 0 Å². The summed E-state index contributed by atoms with van der Waals surface area (Å²) in [7, 11) is 0. The zero-order valence-corrected chi connectivity index (χ0v) is 14.8. The highest BCUT2D eigenvalue weighted by Gasteiger charge is 2.24. The highest BCUT2D eigenvalue weighted by atomic mass is 16.6. The maximum atomic E-state index is 11.6. The van der Waals surface area contributed by atoms with Crippen molar-refractivity contribution in [1.29, 1.82) is 0 Å². The molecular formula is C20H15N3O6. The largest absolute Gasteiger partial charge is 0.478 e. The molecule has 0 spiro atoms. The number of anilines is 4. The zero-order valence-electron chi connectivity index (χ0n) is 14.8. The number of para-hydroxylation sites is 3. The summed E-state index contributed by atoms with van der Waals surface area (Å²) in [5, 5.41) is 35.9. The Balaban J connectivity index is 2.02. The third-order valence-electron chi connectivity index (χ3n) is 4.08. The van der Waals surface area contributed by atoms with E-state index in [2.05, 4.69) is 10.6 Å². The lowest BCUT2D eigenvalue weighted by Crippen LogP contribution is -2.08. The van der Waals surface area contributed by atoms with E-state index in [-0.39, 0.29) is 11.3 Å². The van der Waals surface area contributed by atoms with Gasteiger partial charge in [0.2, 0.25) is 0 Å². The minimum absolute atomic E-state index is 0.0347. The van der Waals surface area contributed by atoms with Gasteiger partial charge in [-0.05, 0) is 30.3 Å². The second-order valence-electron chi connectivity index (χ2n) is 5.91. The molecule has 0 aliphatic carbocycles. The number of hydrogen-bond acceptors (Lipinski definition) is 6. The van der Waals surface area contributed by atoms with E-state index in [9.17, 15) is 29.9 Å². The Bertz CT molecular complexity index is 1110. The topological polar surface area (TPSA) is 142 Å². The van der Waals surface area contributed by atoms with Crippen LogP contribution < -0.4 is 10.6 Å². The lowest BCUT2D eigenvalue weighted by atomic mass is 10.1. The van der Waals surface area contributed by atoms with Crippen LogP contribution in [-0.2, 0) is 0 Å². The van der Waals surface area contributed by atoms with Gasteiger partial charge in [0.1, 0.15) is 0 Å². The first kappa shape index (κ1) is 19.4. The number of carboxylic acid groups (broad SMARTS) is 2. The second-order valence-corrected chi connectivity index (χ2v) is 5.91. The Kier molecular flexibility index (Phi) is 5.40. The number of nitro groups is 1. The number of nitro benzene ring substituents is 1. The van der Waals surface area contributed by atoms with Gasteiger partial charge in [-0.2, -0.15) is 0 Å². The monoisotopic (exact) mass is 393 g/mol. The number of hydrogen-bond donors (Lipinski definition) is 4. The molecule has 0 fully saturated rings. The number of benzene rings is 3. The van der Waals surface area contributed by atoms with Crippen molar-refractivity contribution in [3.63, 3.8) is 0 Å². The summed E-state index contributed by atoms with van der Waals surface area (Å²) in [6, 6.07) is 16.9. The molecule has 0 bridgehead atoms. The van der Waals surface area contributed by atoms with Gasteiger partial charge in [-0.15, -0.1) is 0 Å². The van der Waals surface area contributed by atoms with Crippen LogP contribution in [0, 0.1) is 10.1 Å². The fourth-order valence-electron chi connectivity index (χ4n) is 2.79. The van der Waals surface area contributed by atoms with E-state index in [1.807, 2.05) is 0 Å². The molecule has 3 aromatic rings. The van der Waals surface area contributed by atoms with Crippen LogP contribution in [0.5, 0.6) is 0 Å². The van der Waals surface area contributed by atoms with Crippen LogP contribution in [0.1, 0.15) is 20.7 Å². The van der Waals surface area contributed by atoms with Gasteiger partial charge in [-0.3, -0.25) is 10.1 Å². The van der Waals surface area contributed by atoms with Crippen molar-refractivity contribution in [2.75, 3.05) is 10.6 Å². The standard InChI is InChI=1S/C20H15N3O6/c24-19(25)12-6-1-2-7-13(12)21-14-8-3-4-9-15(14)22-16-10-5-11-17(23(28)29)18(16)20(26)27/h1-11,21-22H,(H,24,25)(H,26,27). The van der Waals surface area contributed by atoms with E-state index >= 15 is 0 Å². The van der Waals surface area contributed by atoms with Crippen LogP contribution in [0.4, 0.5) is 28.4 Å². The fourth-order valence-corrected chi connectivity index (χ4v) is 2.79. The molecule has 0 amide bonds. The van der Waals surface area contributed by atoms with Crippen molar-refractivity contribution in [2.24, 2.45) is 0 Å². The lowest BCUT2D eigenvalue weighted by molar-refractivity contribution is -0.385. The van der Waals surface area contributed by atoms with Crippen LogP contribution >= 0.6 is 0 Å². The molecule has 0 heterocycles. The Labute approximate surface area is 164 Å². The van der Waals surface area contributed by atoms with E-state index in [0.29, 0.717) is 17.1 Å². The van der Waals surface area contributed by atoms with Crippen molar-refractivity contribution in [2.45, 2.75) is 0 Å². The maximum absolute atomic E-state index is 11.6. The first-order chi connectivity index (χ1) is 13.9. The van der Waals surface area contributed by atoms with Gasteiger partial charge in [0.15, 0.2) is 5.56 Å². The van der Waals surface area contributed by atoms with E-state index < -0.39 is 28.1 Å². The summed E-state index contributed by atoms with van der Waals surface area (Å²) in [5.41, 5.74) is 0.297. The summed E-state index contributed by atoms with van der Waals surface area (Å²) < 4.78 is 0. The van der Waals surface area contributed by atoms with Crippen LogP contribution in [0.25, 0.3) is 0 Å². The molecule has 0 radical (unpaired) electrons. The first-order valence-corrected chi connectivity index (χ1v) is 8.34. The zero-order chi connectivity index (χ0) is 21.0. The number of carboxylic acids is 2. The summed E-state index contributed by atoms with van der Waals surface area (Å²) in [6.45, 7) is 0. The Morgan fingerprint density at radius 3 is 1.79 bits per heavy atom. The van der Waals surface area contributed by atoms with Crippen molar-refractivity contribution >= 4 is 40.4 Å². The molecule has 3 aromatic carbocycles. The number of carbonyl (C=O) groups is 2. The van der Waals surface area contributed by atoms with E-state index in [1.165, 1.54) is 18.2 Å². The molecule has 0 unspecified atom stereocenters. The van der Waals surface area contributed by atoms with Crippen molar-refractivity contribution in [3.8, 4) is 0 Å². The third kappa shape index (κ3) is 4.14. The minimum Gasteiger partial charge on any atom is -0.478 e. The second kappa shape index (κ2) is 8.09.